The number of anilines is 1. The van der Waals surface area contributed by atoms with Crippen LogP contribution in [0.5, 0.6) is 0 Å². The summed E-state index contributed by atoms with van der Waals surface area (Å²) in [5, 5.41) is 11.0. The standard InChI is InChI=1S/C26H35ClN6O/c1-18(2)16-32(23-21(27)15-29-22(14-28)30-23)31-24(34)20-10-8-19(9-11-20)17-33-25(3,4)12-7-13-26(33,5)6/h8-11,15,18H,7,12-13,16-17H2,1-6H3,(H,31,34). The normalized spacial score (nSPS) is 17.3. The maximum absolute atomic E-state index is 13.1. The van der Waals surface area contributed by atoms with E-state index in [1.54, 1.807) is 5.01 Å². The number of halogens is 1. The molecule has 1 saturated heterocycles. The van der Waals surface area contributed by atoms with E-state index in [1.807, 2.05) is 44.2 Å². The summed E-state index contributed by atoms with van der Waals surface area (Å²) < 4.78 is 0. The molecule has 1 fully saturated rings. The molecule has 1 aliphatic heterocycles. The van der Waals surface area contributed by atoms with Gasteiger partial charge in [0.15, 0.2) is 5.82 Å². The number of hydrogen-bond acceptors (Lipinski definition) is 6. The van der Waals surface area contributed by atoms with Crippen molar-refractivity contribution in [1.29, 1.82) is 5.26 Å². The first-order valence-corrected chi connectivity index (χ1v) is 12.2. The highest BCUT2D eigenvalue weighted by Crippen LogP contribution is 2.39. The Morgan fingerprint density at radius 2 is 1.82 bits per heavy atom. The van der Waals surface area contributed by atoms with Gasteiger partial charge in [0.05, 0.1) is 6.20 Å². The van der Waals surface area contributed by atoms with E-state index in [-0.39, 0.29) is 33.7 Å². The molecule has 182 valence electrons. The van der Waals surface area contributed by atoms with Crippen molar-refractivity contribution in [1.82, 2.24) is 20.3 Å². The first kappa shape index (κ1) is 25.9. The van der Waals surface area contributed by atoms with Gasteiger partial charge in [-0.1, -0.05) is 37.6 Å². The minimum absolute atomic E-state index is 0.00433. The van der Waals surface area contributed by atoms with Crippen LogP contribution in [0.4, 0.5) is 5.82 Å². The molecule has 0 atom stereocenters. The van der Waals surface area contributed by atoms with Gasteiger partial charge < -0.3 is 0 Å². The number of hydrazine groups is 1. The summed E-state index contributed by atoms with van der Waals surface area (Å²) in [5.41, 5.74) is 4.89. The molecule has 2 aromatic rings. The van der Waals surface area contributed by atoms with Gasteiger partial charge in [0, 0.05) is 29.7 Å². The third-order valence-corrected chi connectivity index (χ3v) is 6.73. The van der Waals surface area contributed by atoms with Crippen LogP contribution in [0.3, 0.4) is 0 Å². The number of likely N-dealkylation sites (tertiary alicyclic amines) is 1. The van der Waals surface area contributed by atoms with Crippen LogP contribution in [0.25, 0.3) is 0 Å². The Balaban J connectivity index is 1.77. The monoisotopic (exact) mass is 482 g/mol. The number of piperidine rings is 1. The Labute approximate surface area is 208 Å². The van der Waals surface area contributed by atoms with Crippen LogP contribution in [0.1, 0.15) is 82.6 Å². The number of nitrogens with one attached hydrogen (secondary N) is 1. The van der Waals surface area contributed by atoms with Gasteiger partial charge in [-0.2, -0.15) is 10.2 Å². The average molecular weight is 483 g/mol. The lowest BCUT2D eigenvalue weighted by Crippen LogP contribution is -2.57. The zero-order chi connectivity index (χ0) is 25.1. The summed E-state index contributed by atoms with van der Waals surface area (Å²) in [6.45, 7) is 14.6. The molecule has 1 aromatic heterocycles. The van der Waals surface area contributed by atoms with Crippen LogP contribution in [-0.2, 0) is 6.54 Å². The van der Waals surface area contributed by atoms with Gasteiger partial charge in [0.2, 0.25) is 5.82 Å². The van der Waals surface area contributed by atoms with Gasteiger partial charge in [-0.05, 0) is 70.6 Å². The lowest BCUT2D eigenvalue weighted by atomic mass is 9.79. The Morgan fingerprint density at radius 3 is 2.38 bits per heavy atom. The van der Waals surface area contributed by atoms with E-state index in [9.17, 15) is 4.79 Å². The quantitative estimate of drug-likeness (QED) is 0.535. The Morgan fingerprint density at radius 1 is 1.21 bits per heavy atom. The van der Waals surface area contributed by atoms with Crippen LogP contribution in [-0.4, -0.2) is 38.4 Å². The molecule has 1 aliphatic rings. The van der Waals surface area contributed by atoms with Gasteiger partial charge in [-0.15, -0.1) is 0 Å². The van der Waals surface area contributed by atoms with Gasteiger partial charge in [0.25, 0.3) is 5.91 Å². The third kappa shape index (κ3) is 6.05. The summed E-state index contributed by atoms with van der Waals surface area (Å²) >= 11 is 6.29. The van der Waals surface area contributed by atoms with Crippen molar-refractivity contribution < 1.29 is 4.79 Å². The largest absolute Gasteiger partial charge is 0.289 e. The van der Waals surface area contributed by atoms with Crippen molar-refractivity contribution in [3.8, 4) is 6.07 Å². The maximum atomic E-state index is 13.1. The molecule has 7 nitrogen and oxygen atoms in total. The molecule has 0 aliphatic carbocycles. The van der Waals surface area contributed by atoms with E-state index in [0.717, 1.165) is 6.54 Å². The van der Waals surface area contributed by atoms with Crippen LogP contribution in [0, 0.1) is 17.2 Å². The summed E-state index contributed by atoms with van der Waals surface area (Å²) in [5.74, 6) is 0.256. The first-order chi connectivity index (χ1) is 15.9. The van der Waals surface area contributed by atoms with Crippen LogP contribution >= 0.6 is 11.6 Å². The minimum Gasteiger partial charge on any atom is -0.289 e. The molecular weight excluding hydrogens is 448 g/mol. The number of nitrogens with zero attached hydrogens (tertiary/aromatic N) is 5. The second-order valence-corrected chi connectivity index (χ2v) is 11.1. The van der Waals surface area contributed by atoms with E-state index >= 15 is 0 Å². The zero-order valence-electron chi connectivity index (χ0n) is 21.0. The summed E-state index contributed by atoms with van der Waals surface area (Å²) in [4.78, 5) is 23.7. The maximum Gasteiger partial charge on any atom is 0.269 e. The molecular formula is C26H35ClN6O. The van der Waals surface area contributed by atoms with E-state index < -0.39 is 0 Å². The van der Waals surface area contributed by atoms with Crippen molar-refractivity contribution >= 4 is 23.3 Å². The Kier molecular flexibility index (Phi) is 7.84. The summed E-state index contributed by atoms with van der Waals surface area (Å²) in [6, 6.07) is 9.66. The number of nitriles is 1. The van der Waals surface area contributed by atoms with E-state index in [1.165, 1.54) is 31.0 Å². The number of carbonyl (C=O) groups is 1. The number of rotatable bonds is 7. The molecule has 3 rings (SSSR count). The fraction of sp³-hybridized carbons (Fsp3) is 0.538. The lowest BCUT2D eigenvalue weighted by molar-refractivity contribution is -0.0340. The number of benzene rings is 1. The fourth-order valence-corrected chi connectivity index (χ4v) is 4.95. The number of carbonyl (C=O) groups excluding carboxylic acids is 1. The van der Waals surface area contributed by atoms with Crippen molar-refractivity contribution in [2.45, 2.75) is 78.4 Å². The van der Waals surface area contributed by atoms with Crippen molar-refractivity contribution in [3.05, 3.63) is 52.4 Å². The lowest BCUT2D eigenvalue weighted by Gasteiger charge is -2.53. The average Bonchev–Trinajstić information content (AvgIpc) is 2.76. The molecule has 0 bridgehead atoms. The first-order valence-electron chi connectivity index (χ1n) is 11.8. The predicted octanol–water partition coefficient (Wildman–Crippen LogP) is 5.35. The van der Waals surface area contributed by atoms with Crippen LogP contribution in [0.2, 0.25) is 5.02 Å². The minimum atomic E-state index is -0.265. The Bertz CT molecular complexity index is 1040. The predicted molar refractivity (Wildman–Crippen MR) is 135 cm³/mol. The molecule has 0 unspecified atom stereocenters. The van der Waals surface area contributed by atoms with Crippen molar-refractivity contribution in [2.75, 3.05) is 11.6 Å². The van der Waals surface area contributed by atoms with Gasteiger partial charge in [0.1, 0.15) is 11.1 Å². The number of amides is 1. The van der Waals surface area contributed by atoms with Crippen LogP contribution < -0.4 is 10.4 Å². The molecule has 1 N–H and O–H groups in total. The highest BCUT2D eigenvalue weighted by molar-refractivity contribution is 6.32. The van der Waals surface area contributed by atoms with Crippen molar-refractivity contribution in [3.63, 3.8) is 0 Å². The van der Waals surface area contributed by atoms with E-state index in [4.69, 9.17) is 16.9 Å². The molecule has 2 heterocycles. The fourth-order valence-electron chi connectivity index (χ4n) is 4.75. The Hall–Kier alpha value is -2.69. The molecule has 34 heavy (non-hydrogen) atoms. The van der Waals surface area contributed by atoms with E-state index in [2.05, 4.69) is 48.0 Å². The molecule has 0 saturated carbocycles. The second-order valence-electron chi connectivity index (χ2n) is 10.7. The molecule has 1 amide bonds. The summed E-state index contributed by atoms with van der Waals surface area (Å²) in [7, 11) is 0. The third-order valence-electron chi connectivity index (χ3n) is 6.46. The van der Waals surface area contributed by atoms with Crippen molar-refractivity contribution in [2.24, 2.45) is 5.92 Å². The van der Waals surface area contributed by atoms with Crippen LogP contribution in [0.15, 0.2) is 30.5 Å². The number of aromatic nitrogens is 2. The SMILES string of the molecule is CC(C)CN(NC(=O)c1ccc(CN2C(C)(C)CCCC2(C)C)cc1)c1nc(C#N)ncc1Cl. The smallest absolute Gasteiger partial charge is 0.269 e. The van der Waals surface area contributed by atoms with Gasteiger partial charge >= 0.3 is 0 Å². The summed E-state index contributed by atoms with van der Waals surface area (Å²) in [6.07, 6.45) is 4.98. The second kappa shape index (κ2) is 10.3. The topological polar surface area (TPSA) is 85.2 Å². The highest BCUT2D eigenvalue weighted by atomic mass is 35.5. The molecule has 0 spiro atoms. The number of hydrogen-bond donors (Lipinski definition) is 1. The van der Waals surface area contributed by atoms with Gasteiger partial charge in [-0.3, -0.25) is 20.1 Å². The van der Waals surface area contributed by atoms with E-state index in [0.29, 0.717) is 17.9 Å². The molecule has 0 radical (unpaired) electrons. The molecule has 8 heteroatoms. The molecule has 1 aromatic carbocycles. The highest BCUT2D eigenvalue weighted by Gasteiger charge is 2.40. The zero-order valence-corrected chi connectivity index (χ0v) is 21.8. The van der Waals surface area contributed by atoms with Gasteiger partial charge in [-0.25, -0.2) is 4.98 Å².